The first-order chi connectivity index (χ1) is 12.8. The van der Waals surface area contributed by atoms with Gasteiger partial charge in [0.1, 0.15) is 0 Å². The Kier molecular flexibility index (Phi) is 5.41. The van der Waals surface area contributed by atoms with E-state index >= 15 is 0 Å². The number of anilines is 1. The summed E-state index contributed by atoms with van der Waals surface area (Å²) in [6, 6.07) is 7.20. The predicted octanol–water partition coefficient (Wildman–Crippen LogP) is 3.57. The van der Waals surface area contributed by atoms with Gasteiger partial charge in [0.15, 0.2) is 0 Å². The molecule has 27 heavy (non-hydrogen) atoms. The Balaban J connectivity index is 1.64. The summed E-state index contributed by atoms with van der Waals surface area (Å²) in [4.78, 5) is 29.4. The SMILES string of the molecule is COC(=O)c1ccc2c(c1)CCN2C(=O)CSc1ccc(C(F)(F)F)cn1. The summed E-state index contributed by atoms with van der Waals surface area (Å²) in [5, 5.41) is 0.344. The number of ether oxygens (including phenoxy) is 1. The average molecular weight is 396 g/mol. The van der Waals surface area contributed by atoms with Crippen molar-refractivity contribution in [1.82, 2.24) is 4.98 Å². The van der Waals surface area contributed by atoms with Crippen molar-refractivity contribution >= 4 is 29.3 Å². The van der Waals surface area contributed by atoms with Crippen LogP contribution in [0.15, 0.2) is 41.6 Å². The molecule has 0 fully saturated rings. The Morgan fingerprint density at radius 3 is 2.67 bits per heavy atom. The third-order valence-electron chi connectivity index (χ3n) is 4.10. The van der Waals surface area contributed by atoms with Crippen molar-refractivity contribution in [2.75, 3.05) is 24.3 Å². The summed E-state index contributed by atoms with van der Waals surface area (Å²) in [6.45, 7) is 0.486. The van der Waals surface area contributed by atoms with E-state index in [1.165, 1.54) is 13.2 Å². The molecule has 0 unspecified atom stereocenters. The van der Waals surface area contributed by atoms with Crippen LogP contribution in [-0.4, -0.2) is 36.3 Å². The van der Waals surface area contributed by atoms with Crippen molar-refractivity contribution in [3.05, 3.63) is 53.2 Å². The molecule has 0 aliphatic carbocycles. The number of halogens is 3. The van der Waals surface area contributed by atoms with E-state index in [9.17, 15) is 22.8 Å². The van der Waals surface area contributed by atoms with Crippen molar-refractivity contribution in [2.24, 2.45) is 0 Å². The number of aromatic nitrogens is 1. The number of thioether (sulfide) groups is 1. The van der Waals surface area contributed by atoms with Crippen LogP contribution in [0.1, 0.15) is 21.5 Å². The third-order valence-corrected chi connectivity index (χ3v) is 5.03. The second kappa shape index (κ2) is 7.59. The smallest absolute Gasteiger partial charge is 0.417 e. The highest BCUT2D eigenvalue weighted by molar-refractivity contribution is 7.99. The lowest BCUT2D eigenvalue weighted by atomic mass is 10.1. The van der Waals surface area contributed by atoms with E-state index in [2.05, 4.69) is 9.72 Å². The van der Waals surface area contributed by atoms with Crippen LogP contribution in [0.5, 0.6) is 0 Å². The highest BCUT2D eigenvalue weighted by Crippen LogP contribution is 2.31. The molecule has 1 aromatic carbocycles. The molecule has 0 saturated heterocycles. The molecule has 1 aromatic heterocycles. The van der Waals surface area contributed by atoms with Crippen LogP contribution < -0.4 is 4.90 Å². The highest BCUT2D eigenvalue weighted by atomic mass is 32.2. The first-order valence-electron chi connectivity index (χ1n) is 7.97. The molecule has 142 valence electrons. The number of carbonyl (C=O) groups is 2. The topological polar surface area (TPSA) is 59.5 Å². The van der Waals surface area contributed by atoms with Crippen LogP contribution >= 0.6 is 11.8 Å². The molecule has 0 saturated carbocycles. The van der Waals surface area contributed by atoms with Crippen molar-refractivity contribution in [1.29, 1.82) is 0 Å². The van der Waals surface area contributed by atoms with Gasteiger partial charge >= 0.3 is 12.1 Å². The monoisotopic (exact) mass is 396 g/mol. The maximum atomic E-state index is 12.5. The van der Waals surface area contributed by atoms with Crippen molar-refractivity contribution in [3.63, 3.8) is 0 Å². The van der Waals surface area contributed by atoms with Gasteiger partial charge < -0.3 is 9.64 Å². The molecule has 0 spiro atoms. The van der Waals surface area contributed by atoms with Crippen molar-refractivity contribution in [3.8, 4) is 0 Å². The number of carbonyl (C=O) groups excluding carboxylic acids is 2. The molecule has 2 aromatic rings. The largest absolute Gasteiger partial charge is 0.465 e. The zero-order valence-corrected chi connectivity index (χ0v) is 15.1. The minimum atomic E-state index is -4.44. The highest BCUT2D eigenvalue weighted by Gasteiger charge is 2.31. The second-order valence-corrected chi connectivity index (χ2v) is 6.80. The normalized spacial score (nSPS) is 13.4. The summed E-state index contributed by atoms with van der Waals surface area (Å²) in [7, 11) is 1.30. The van der Waals surface area contributed by atoms with E-state index in [4.69, 9.17) is 0 Å². The Labute approximate surface area is 157 Å². The Hall–Kier alpha value is -2.55. The van der Waals surface area contributed by atoms with Gasteiger partial charge in [-0.15, -0.1) is 0 Å². The number of methoxy groups -OCH3 is 1. The van der Waals surface area contributed by atoms with Crippen LogP contribution in [0.25, 0.3) is 0 Å². The van der Waals surface area contributed by atoms with Gasteiger partial charge in [0.05, 0.1) is 29.0 Å². The van der Waals surface area contributed by atoms with Crippen LogP contribution in [0, 0.1) is 0 Å². The number of fused-ring (bicyclic) bond motifs is 1. The molecular formula is C18H15F3N2O3S. The van der Waals surface area contributed by atoms with Crippen LogP contribution in [-0.2, 0) is 22.1 Å². The van der Waals surface area contributed by atoms with Crippen molar-refractivity contribution < 1.29 is 27.5 Å². The number of esters is 1. The zero-order chi connectivity index (χ0) is 19.6. The van der Waals surface area contributed by atoms with Gasteiger partial charge in [-0.05, 0) is 42.3 Å². The lowest BCUT2D eigenvalue weighted by molar-refractivity contribution is -0.137. The summed E-state index contributed by atoms with van der Waals surface area (Å²) in [5.41, 5.74) is 1.21. The van der Waals surface area contributed by atoms with Gasteiger partial charge in [0, 0.05) is 18.4 Å². The van der Waals surface area contributed by atoms with Gasteiger partial charge in [-0.25, -0.2) is 9.78 Å². The average Bonchev–Trinajstić information content (AvgIpc) is 3.08. The fourth-order valence-electron chi connectivity index (χ4n) is 2.75. The fraction of sp³-hybridized carbons (Fsp3) is 0.278. The Bertz CT molecular complexity index is 869. The molecule has 9 heteroatoms. The molecule has 0 atom stereocenters. The van der Waals surface area contributed by atoms with E-state index in [0.29, 0.717) is 23.6 Å². The second-order valence-electron chi connectivity index (χ2n) is 5.80. The molecule has 5 nitrogen and oxygen atoms in total. The van der Waals surface area contributed by atoms with Gasteiger partial charge in [0.25, 0.3) is 0 Å². The van der Waals surface area contributed by atoms with E-state index in [-0.39, 0.29) is 11.7 Å². The van der Waals surface area contributed by atoms with Crippen LogP contribution in [0.4, 0.5) is 18.9 Å². The lowest BCUT2D eigenvalue weighted by Crippen LogP contribution is -2.30. The van der Waals surface area contributed by atoms with Gasteiger partial charge in [-0.1, -0.05) is 11.8 Å². The summed E-state index contributed by atoms with van der Waals surface area (Å²) < 4.78 is 42.3. The quantitative estimate of drug-likeness (QED) is 0.584. The third kappa shape index (κ3) is 4.24. The maximum absolute atomic E-state index is 12.5. The molecule has 0 radical (unpaired) electrons. The number of hydrogen-bond donors (Lipinski definition) is 0. The fourth-order valence-corrected chi connectivity index (χ4v) is 3.47. The van der Waals surface area contributed by atoms with E-state index < -0.39 is 17.7 Å². The predicted molar refractivity (Wildman–Crippen MR) is 93.8 cm³/mol. The van der Waals surface area contributed by atoms with Crippen LogP contribution in [0.3, 0.4) is 0 Å². The summed E-state index contributed by atoms with van der Waals surface area (Å²) in [5.74, 6) is -0.561. The first-order valence-corrected chi connectivity index (χ1v) is 8.96. The maximum Gasteiger partial charge on any atom is 0.417 e. The van der Waals surface area contributed by atoms with E-state index in [1.54, 1.807) is 23.1 Å². The molecule has 2 heterocycles. The summed E-state index contributed by atoms with van der Waals surface area (Å²) >= 11 is 1.08. The molecule has 1 aliphatic heterocycles. The van der Waals surface area contributed by atoms with Gasteiger partial charge in [0.2, 0.25) is 5.91 Å². The summed E-state index contributed by atoms with van der Waals surface area (Å²) in [6.07, 6.45) is -3.06. The molecule has 0 N–H and O–H groups in total. The first kappa shape index (κ1) is 19.2. The Morgan fingerprint density at radius 2 is 2.04 bits per heavy atom. The number of pyridine rings is 1. The number of amides is 1. The number of benzene rings is 1. The van der Waals surface area contributed by atoms with Crippen LogP contribution in [0.2, 0.25) is 0 Å². The standard InChI is InChI=1S/C18H15F3N2O3S/c1-26-17(25)12-2-4-14-11(8-12)6-7-23(14)16(24)10-27-15-5-3-13(9-22-15)18(19,20)21/h2-5,8-9H,6-7,10H2,1H3. The Morgan fingerprint density at radius 1 is 1.26 bits per heavy atom. The number of nitrogens with zero attached hydrogens (tertiary/aromatic N) is 2. The zero-order valence-electron chi connectivity index (χ0n) is 14.2. The van der Waals surface area contributed by atoms with E-state index in [1.807, 2.05) is 0 Å². The lowest BCUT2D eigenvalue weighted by Gasteiger charge is -2.17. The van der Waals surface area contributed by atoms with Gasteiger partial charge in [-0.3, -0.25) is 4.79 Å². The number of rotatable bonds is 4. The number of alkyl halides is 3. The minimum absolute atomic E-state index is 0.0521. The minimum Gasteiger partial charge on any atom is -0.465 e. The number of hydrogen-bond acceptors (Lipinski definition) is 5. The van der Waals surface area contributed by atoms with Gasteiger partial charge in [-0.2, -0.15) is 13.2 Å². The molecular weight excluding hydrogens is 381 g/mol. The molecule has 3 rings (SSSR count). The molecule has 1 amide bonds. The molecule has 0 bridgehead atoms. The molecule has 1 aliphatic rings. The van der Waals surface area contributed by atoms with Crippen molar-refractivity contribution in [2.45, 2.75) is 17.6 Å². The van der Waals surface area contributed by atoms with E-state index in [0.717, 1.165) is 35.3 Å².